The number of imide groups is 1. The van der Waals surface area contributed by atoms with Crippen LogP contribution in [0, 0.1) is 6.92 Å². The number of nitrogens with zero attached hydrogens (tertiary/aromatic N) is 1. The quantitative estimate of drug-likeness (QED) is 0.571. The van der Waals surface area contributed by atoms with Gasteiger partial charge in [0.05, 0.1) is 23.8 Å². The first-order valence-electron chi connectivity index (χ1n) is 5.10. The van der Waals surface area contributed by atoms with Gasteiger partial charge in [-0.2, -0.15) is 0 Å². The SMILES string of the molecule is Cc1cc(N)c(Cl)cc1N1CC(=O)NC(=O)C1. The van der Waals surface area contributed by atoms with Gasteiger partial charge in [0.15, 0.2) is 0 Å². The van der Waals surface area contributed by atoms with Crippen LogP contribution in [0.3, 0.4) is 0 Å². The van der Waals surface area contributed by atoms with Crippen molar-refractivity contribution in [1.82, 2.24) is 5.32 Å². The van der Waals surface area contributed by atoms with Gasteiger partial charge in [-0.05, 0) is 24.6 Å². The Morgan fingerprint density at radius 3 is 2.47 bits per heavy atom. The van der Waals surface area contributed by atoms with Crippen LogP contribution in [-0.4, -0.2) is 24.9 Å². The standard InChI is InChI=1S/C11H12ClN3O2/c1-6-2-8(13)7(12)3-9(6)15-4-10(16)14-11(17)5-15/h2-3H,4-5,13H2,1H3,(H,14,16,17). The van der Waals surface area contributed by atoms with Crippen molar-refractivity contribution in [1.29, 1.82) is 0 Å². The molecule has 1 aromatic rings. The van der Waals surface area contributed by atoms with Crippen LogP contribution in [0.5, 0.6) is 0 Å². The van der Waals surface area contributed by atoms with Crippen LogP contribution in [-0.2, 0) is 9.59 Å². The number of amides is 2. The fourth-order valence-electron chi connectivity index (χ4n) is 1.84. The van der Waals surface area contributed by atoms with Gasteiger partial charge < -0.3 is 10.6 Å². The molecule has 1 fully saturated rings. The molecule has 17 heavy (non-hydrogen) atoms. The van der Waals surface area contributed by atoms with Crippen molar-refractivity contribution in [2.45, 2.75) is 6.92 Å². The Balaban J connectivity index is 2.36. The van der Waals surface area contributed by atoms with Crippen LogP contribution in [0.25, 0.3) is 0 Å². The molecule has 0 aliphatic carbocycles. The number of carbonyl (C=O) groups is 2. The largest absolute Gasteiger partial charge is 0.398 e. The van der Waals surface area contributed by atoms with E-state index in [0.29, 0.717) is 10.7 Å². The van der Waals surface area contributed by atoms with E-state index in [2.05, 4.69) is 5.32 Å². The zero-order chi connectivity index (χ0) is 12.6. The molecule has 1 saturated heterocycles. The molecular weight excluding hydrogens is 242 g/mol. The zero-order valence-electron chi connectivity index (χ0n) is 9.29. The highest BCUT2D eigenvalue weighted by Gasteiger charge is 2.24. The summed E-state index contributed by atoms with van der Waals surface area (Å²) in [6.07, 6.45) is 0. The topological polar surface area (TPSA) is 75.4 Å². The lowest BCUT2D eigenvalue weighted by molar-refractivity contribution is -0.130. The Labute approximate surface area is 104 Å². The van der Waals surface area contributed by atoms with Crippen molar-refractivity contribution in [3.05, 3.63) is 22.7 Å². The van der Waals surface area contributed by atoms with Crippen molar-refractivity contribution in [2.75, 3.05) is 23.7 Å². The van der Waals surface area contributed by atoms with Crippen molar-refractivity contribution in [3.63, 3.8) is 0 Å². The number of anilines is 2. The molecule has 0 spiro atoms. The molecular formula is C11H12ClN3O2. The number of piperazine rings is 1. The van der Waals surface area contributed by atoms with E-state index >= 15 is 0 Å². The number of hydrogen-bond donors (Lipinski definition) is 2. The van der Waals surface area contributed by atoms with Crippen molar-refractivity contribution in [3.8, 4) is 0 Å². The monoisotopic (exact) mass is 253 g/mol. The molecule has 1 aliphatic rings. The number of halogens is 1. The summed E-state index contributed by atoms with van der Waals surface area (Å²) in [5.74, 6) is -0.623. The Bertz CT molecular complexity index is 486. The van der Waals surface area contributed by atoms with E-state index in [-0.39, 0.29) is 24.9 Å². The number of rotatable bonds is 1. The summed E-state index contributed by atoms with van der Waals surface area (Å²) in [6, 6.07) is 3.41. The fraction of sp³-hybridized carbons (Fsp3) is 0.273. The fourth-order valence-corrected chi connectivity index (χ4v) is 2.00. The third-order valence-electron chi connectivity index (χ3n) is 2.60. The number of aryl methyl sites for hydroxylation is 1. The highest BCUT2D eigenvalue weighted by molar-refractivity contribution is 6.33. The number of nitrogens with one attached hydrogen (secondary N) is 1. The van der Waals surface area contributed by atoms with E-state index < -0.39 is 0 Å². The maximum absolute atomic E-state index is 11.3. The zero-order valence-corrected chi connectivity index (χ0v) is 10.0. The normalized spacial score (nSPS) is 16.0. The lowest BCUT2D eigenvalue weighted by atomic mass is 10.1. The molecule has 2 amide bonds. The van der Waals surface area contributed by atoms with Gasteiger partial charge in [0.25, 0.3) is 0 Å². The number of carbonyl (C=O) groups excluding carboxylic acids is 2. The Morgan fingerprint density at radius 1 is 1.29 bits per heavy atom. The molecule has 0 radical (unpaired) electrons. The van der Waals surface area contributed by atoms with Gasteiger partial charge in [-0.3, -0.25) is 14.9 Å². The first kappa shape index (κ1) is 11.7. The molecule has 90 valence electrons. The van der Waals surface area contributed by atoms with Gasteiger partial charge in [0, 0.05) is 5.69 Å². The van der Waals surface area contributed by atoms with Gasteiger partial charge in [-0.25, -0.2) is 0 Å². The maximum atomic E-state index is 11.3. The van der Waals surface area contributed by atoms with Crippen molar-refractivity contribution < 1.29 is 9.59 Å². The van der Waals surface area contributed by atoms with Crippen LogP contribution in [0.15, 0.2) is 12.1 Å². The summed E-state index contributed by atoms with van der Waals surface area (Å²) in [7, 11) is 0. The van der Waals surface area contributed by atoms with Gasteiger partial charge in [0.2, 0.25) is 11.8 Å². The average molecular weight is 254 g/mol. The summed E-state index contributed by atoms with van der Waals surface area (Å²) in [5.41, 5.74) is 7.80. The maximum Gasteiger partial charge on any atom is 0.246 e. The third-order valence-corrected chi connectivity index (χ3v) is 2.93. The van der Waals surface area contributed by atoms with E-state index in [4.69, 9.17) is 17.3 Å². The molecule has 0 saturated carbocycles. The van der Waals surface area contributed by atoms with E-state index in [1.807, 2.05) is 6.92 Å². The Morgan fingerprint density at radius 2 is 1.88 bits per heavy atom. The molecule has 0 bridgehead atoms. The first-order chi connectivity index (χ1) is 7.97. The number of benzene rings is 1. The molecule has 5 nitrogen and oxygen atoms in total. The molecule has 0 aromatic heterocycles. The molecule has 1 aromatic carbocycles. The first-order valence-corrected chi connectivity index (χ1v) is 5.48. The highest BCUT2D eigenvalue weighted by Crippen LogP contribution is 2.29. The van der Waals surface area contributed by atoms with Crippen LogP contribution in [0.1, 0.15) is 5.56 Å². The molecule has 0 atom stereocenters. The number of nitrogen functional groups attached to an aromatic ring is 1. The molecule has 3 N–H and O–H groups in total. The highest BCUT2D eigenvalue weighted by atomic mass is 35.5. The minimum Gasteiger partial charge on any atom is -0.398 e. The second kappa shape index (κ2) is 4.25. The third kappa shape index (κ3) is 2.34. The summed E-state index contributed by atoms with van der Waals surface area (Å²) in [4.78, 5) is 24.3. The lowest BCUT2D eigenvalue weighted by Gasteiger charge is -2.29. The summed E-state index contributed by atoms with van der Waals surface area (Å²) >= 11 is 5.94. The Hall–Kier alpha value is -1.75. The summed E-state index contributed by atoms with van der Waals surface area (Å²) in [5, 5.41) is 2.67. The second-order valence-electron chi connectivity index (χ2n) is 3.99. The van der Waals surface area contributed by atoms with Gasteiger partial charge in [0.1, 0.15) is 0 Å². The predicted molar refractivity (Wildman–Crippen MR) is 66.0 cm³/mol. The van der Waals surface area contributed by atoms with Crippen LogP contribution in [0.2, 0.25) is 5.02 Å². The smallest absolute Gasteiger partial charge is 0.246 e. The van der Waals surface area contributed by atoms with Crippen molar-refractivity contribution >= 4 is 34.8 Å². The molecule has 6 heteroatoms. The van der Waals surface area contributed by atoms with Crippen LogP contribution >= 0.6 is 11.6 Å². The van der Waals surface area contributed by atoms with Gasteiger partial charge in [-0.15, -0.1) is 0 Å². The minimum atomic E-state index is -0.311. The summed E-state index contributed by atoms with van der Waals surface area (Å²) < 4.78 is 0. The minimum absolute atomic E-state index is 0.146. The van der Waals surface area contributed by atoms with E-state index in [1.54, 1.807) is 17.0 Å². The average Bonchev–Trinajstić information content (AvgIpc) is 2.22. The van der Waals surface area contributed by atoms with Crippen LogP contribution in [0.4, 0.5) is 11.4 Å². The van der Waals surface area contributed by atoms with E-state index in [1.165, 1.54) is 0 Å². The van der Waals surface area contributed by atoms with E-state index in [0.717, 1.165) is 11.3 Å². The molecule has 0 unspecified atom stereocenters. The van der Waals surface area contributed by atoms with Crippen molar-refractivity contribution in [2.24, 2.45) is 0 Å². The van der Waals surface area contributed by atoms with Gasteiger partial charge >= 0.3 is 0 Å². The Kier molecular flexibility index (Phi) is 2.93. The van der Waals surface area contributed by atoms with Crippen LogP contribution < -0.4 is 16.0 Å². The lowest BCUT2D eigenvalue weighted by Crippen LogP contribution is -2.51. The molecule has 2 rings (SSSR count). The summed E-state index contributed by atoms with van der Waals surface area (Å²) in [6.45, 7) is 2.15. The predicted octanol–water partition coefficient (Wildman–Crippen LogP) is 0.693. The van der Waals surface area contributed by atoms with E-state index in [9.17, 15) is 9.59 Å². The second-order valence-corrected chi connectivity index (χ2v) is 4.39. The van der Waals surface area contributed by atoms with Gasteiger partial charge in [-0.1, -0.05) is 11.6 Å². The molecule has 1 aliphatic heterocycles. The number of nitrogens with two attached hydrogens (primary N) is 1. The molecule has 1 heterocycles. The number of hydrogen-bond acceptors (Lipinski definition) is 4.